The van der Waals surface area contributed by atoms with Crippen molar-refractivity contribution in [1.29, 1.82) is 0 Å². The summed E-state index contributed by atoms with van der Waals surface area (Å²) < 4.78 is 10.5. The molecule has 22 heavy (non-hydrogen) atoms. The Morgan fingerprint density at radius 2 is 1.95 bits per heavy atom. The van der Waals surface area contributed by atoms with Crippen LogP contribution in [-0.2, 0) is 16.0 Å². The van der Waals surface area contributed by atoms with Gasteiger partial charge in [-0.2, -0.15) is 0 Å². The van der Waals surface area contributed by atoms with Gasteiger partial charge in [0.05, 0.1) is 13.2 Å². The van der Waals surface area contributed by atoms with Gasteiger partial charge in [-0.25, -0.2) is 4.79 Å². The Balaban J connectivity index is 1.62. The molecule has 0 bridgehead atoms. The lowest BCUT2D eigenvalue weighted by Gasteiger charge is -2.31. The van der Waals surface area contributed by atoms with Crippen LogP contribution in [0.4, 0.5) is 4.79 Å². The van der Waals surface area contributed by atoms with Crippen LogP contribution in [0.25, 0.3) is 0 Å². The predicted molar refractivity (Wildman–Crippen MR) is 85.7 cm³/mol. The van der Waals surface area contributed by atoms with Crippen molar-refractivity contribution in [3.05, 3.63) is 35.9 Å². The van der Waals surface area contributed by atoms with E-state index < -0.39 is 0 Å². The molecule has 0 spiro atoms. The second-order valence-electron chi connectivity index (χ2n) is 5.64. The summed E-state index contributed by atoms with van der Waals surface area (Å²) in [5.41, 5.74) is 1.12. The molecule has 1 saturated heterocycles. The minimum atomic E-state index is 0.0302. The number of ether oxygens (including phenoxy) is 2. The van der Waals surface area contributed by atoms with Gasteiger partial charge in [0, 0.05) is 33.4 Å². The Kier molecular flexibility index (Phi) is 7.19. The predicted octanol–water partition coefficient (Wildman–Crippen LogP) is 2.27. The molecule has 0 aromatic heterocycles. The quantitative estimate of drug-likeness (QED) is 0.786. The first kappa shape index (κ1) is 16.8. The van der Waals surface area contributed by atoms with Gasteiger partial charge in [-0.05, 0) is 24.3 Å². The zero-order chi connectivity index (χ0) is 15.6. The average molecular weight is 306 g/mol. The van der Waals surface area contributed by atoms with Crippen molar-refractivity contribution in [2.45, 2.75) is 19.4 Å². The van der Waals surface area contributed by atoms with E-state index in [2.05, 4.69) is 5.32 Å². The number of methoxy groups -OCH3 is 1. The highest BCUT2D eigenvalue weighted by molar-refractivity contribution is 5.74. The number of hydrogen-bond donors (Lipinski definition) is 1. The summed E-state index contributed by atoms with van der Waals surface area (Å²) in [6.45, 7) is 4.25. The van der Waals surface area contributed by atoms with Crippen LogP contribution in [0.5, 0.6) is 0 Å². The van der Waals surface area contributed by atoms with Gasteiger partial charge < -0.3 is 19.7 Å². The SMILES string of the molecule is COCCOCC1CCN(C(=O)NCc2ccccc2)CC1. The van der Waals surface area contributed by atoms with E-state index in [0.29, 0.717) is 25.7 Å². The van der Waals surface area contributed by atoms with Crippen molar-refractivity contribution in [3.8, 4) is 0 Å². The number of carbonyl (C=O) groups excluding carboxylic acids is 1. The molecule has 0 radical (unpaired) electrons. The topological polar surface area (TPSA) is 50.8 Å². The van der Waals surface area contributed by atoms with Gasteiger partial charge in [0.25, 0.3) is 0 Å². The fraction of sp³-hybridized carbons (Fsp3) is 0.588. The largest absolute Gasteiger partial charge is 0.382 e. The number of carbonyl (C=O) groups is 1. The number of nitrogens with one attached hydrogen (secondary N) is 1. The second kappa shape index (κ2) is 9.43. The Labute approximate surface area is 132 Å². The van der Waals surface area contributed by atoms with E-state index in [0.717, 1.165) is 38.1 Å². The first-order chi connectivity index (χ1) is 10.8. The molecular weight excluding hydrogens is 280 g/mol. The third-order valence-electron chi connectivity index (χ3n) is 3.97. The molecule has 0 unspecified atom stereocenters. The van der Waals surface area contributed by atoms with Gasteiger partial charge in [-0.1, -0.05) is 30.3 Å². The normalized spacial score (nSPS) is 15.8. The first-order valence-corrected chi connectivity index (χ1v) is 7.93. The van der Waals surface area contributed by atoms with Crippen LogP contribution < -0.4 is 5.32 Å². The molecule has 1 aromatic carbocycles. The van der Waals surface area contributed by atoms with Crippen LogP contribution in [0.1, 0.15) is 18.4 Å². The molecule has 1 heterocycles. The minimum Gasteiger partial charge on any atom is -0.382 e. The first-order valence-electron chi connectivity index (χ1n) is 7.93. The van der Waals surface area contributed by atoms with Gasteiger partial charge in [0.1, 0.15) is 0 Å². The van der Waals surface area contributed by atoms with Crippen LogP contribution in [-0.4, -0.2) is 51.0 Å². The lowest BCUT2D eigenvalue weighted by molar-refractivity contribution is 0.0381. The molecule has 0 atom stereocenters. The van der Waals surface area contributed by atoms with Crippen LogP contribution >= 0.6 is 0 Å². The highest BCUT2D eigenvalue weighted by Gasteiger charge is 2.22. The summed E-state index contributed by atoms with van der Waals surface area (Å²) >= 11 is 0. The maximum Gasteiger partial charge on any atom is 0.317 e. The van der Waals surface area contributed by atoms with Crippen molar-refractivity contribution in [3.63, 3.8) is 0 Å². The Hall–Kier alpha value is -1.59. The van der Waals surface area contributed by atoms with Crippen molar-refractivity contribution in [2.24, 2.45) is 5.92 Å². The summed E-state index contributed by atoms with van der Waals surface area (Å²) in [4.78, 5) is 14.0. The van der Waals surface area contributed by atoms with Crippen molar-refractivity contribution >= 4 is 6.03 Å². The summed E-state index contributed by atoms with van der Waals surface area (Å²) in [5.74, 6) is 0.551. The van der Waals surface area contributed by atoms with E-state index in [1.165, 1.54) is 0 Å². The van der Waals surface area contributed by atoms with Gasteiger partial charge >= 0.3 is 6.03 Å². The number of hydrogen-bond acceptors (Lipinski definition) is 3. The van der Waals surface area contributed by atoms with Gasteiger partial charge in [0.2, 0.25) is 0 Å². The van der Waals surface area contributed by atoms with Crippen LogP contribution in [0.2, 0.25) is 0 Å². The molecule has 1 aliphatic heterocycles. The molecule has 5 heteroatoms. The smallest absolute Gasteiger partial charge is 0.317 e. The van der Waals surface area contributed by atoms with Gasteiger partial charge in [-0.15, -0.1) is 0 Å². The average Bonchev–Trinajstić information content (AvgIpc) is 2.58. The molecule has 0 saturated carbocycles. The molecule has 1 aliphatic rings. The van der Waals surface area contributed by atoms with Gasteiger partial charge in [-0.3, -0.25) is 0 Å². The molecule has 1 fully saturated rings. The van der Waals surface area contributed by atoms with Crippen LogP contribution in [0.15, 0.2) is 30.3 Å². The van der Waals surface area contributed by atoms with E-state index in [4.69, 9.17) is 9.47 Å². The molecule has 122 valence electrons. The Morgan fingerprint density at radius 1 is 1.23 bits per heavy atom. The van der Waals surface area contributed by atoms with E-state index in [9.17, 15) is 4.79 Å². The zero-order valence-electron chi connectivity index (χ0n) is 13.3. The zero-order valence-corrected chi connectivity index (χ0v) is 13.3. The fourth-order valence-electron chi connectivity index (χ4n) is 2.58. The Bertz CT molecular complexity index is 431. The molecule has 0 aliphatic carbocycles. The van der Waals surface area contributed by atoms with Crippen molar-refractivity contribution < 1.29 is 14.3 Å². The lowest BCUT2D eigenvalue weighted by atomic mass is 9.98. The third kappa shape index (κ3) is 5.66. The number of likely N-dealkylation sites (tertiary alicyclic amines) is 1. The summed E-state index contributed by atoms with van der Waals surface area (Å²) in [6, 6.07) is 10.0. The second-order valence-corrected chi connectivity index (χ2v) is 5.64. The van der Waals surface area contributed by atoms with E-state index >= 15 is 0 Å². The van der Waals surface area contributed by atoms with Gasteiger partial charge in [0.15, 0.2) is 0 Å². The van der Waals surface area contributed by atoms with E-state index in [1.807, 2.05) is 35.2 Å². The minimum absolute atomic E-state index is 0.0302. The molecule has 1 N–H and O–H groups in total. The maximum atomic E-state index is 12.1. The fourth-order valence-corrected chi connectivity index (χ4v) is 2.58. The third-order valence-corrected chi connectivity index (χ3v) is 3.97. The highest BCUT2D eigenvalue weighted by Crippen LogP contribution is 2.17. The van der Waals surface area contributed by atoms with Crippen molar-refractivity contribution in [1.82, 2.24) is 10.2 Å². The van der Waals surface area contributed by atoms with E-state index in [1.54, 1.807) is 7.11 Å². The molecule has 2 rings (SSSR count). The standard InChI is InChI=1S/C17H26N2O3/c1-21-11-12-22-14-16-7-9-19(10-8-16)17(20)18-13-15-5-3-2-4-6-15/h2-6,16H,7-14H2,1H3,(H,18,20). The number of rotatable bonds is 7. The number of benzene rings is 1. The molecule has 1 aromatic rings. The lowest BCUT2D eigenvalue weighted by Crippen LogP contribution is -2.44. The van der Waals surface area contributed by atoms with E-state index in [-0.39, 0.29) is 6.03 Å². The molecule has 2 amide bonds. The molecular formula is C17H26N2O3. The summed E-state index contributed by atoms with van der Waals surface area (Å²) in [6.07, 6.45) is 2.01. The maximum absolute atomic E-state index is 12.1. The van der Waals surface area contributed by atoms with Crippen LogP contribution in [0, 0.1) is 5.92 Å². The monoisotopic (exact) mass is 306 g/mol. The number of urea groups is 1. The van der Waals surface area contributed by atoms with Crippen molar-refractivity contribution in [2.75, 3.05) is 40.0 Å². The van der Waals surface area contributed by atoms with Crippen LogP contribution in [0.3, 0.4) is 0 Å². The highest BCUT2D eigenvalue weighted by atomic mass is 16.5. The summed E-state index contributed by atoms with van der Waals surface area (Å²) in [5, 5.41) is 2.98. The number of piperidine rings is 1. The summed E-state index contributed by atoms with van der Waals surface area (Å²) in [7, 11) is 1.68. The number of nitrogens with zero attached hydrogens (tertiary/aromatic N) is 1. The number of amides is 2. The Morgan fingerprint density at radius 3 is 2.64 bits per heavy atom. The molecule has 5 nitrogen and oxygen atoms in total.